The molecule has 3 N–H and O–H groups in total. The number of nitrogens with one attached hydrogen (secondary N) is 1. The third-order valence-corrected chi connectivity index (χ3v) is 2.88. The molecule has 1 heterocycles. The van der Waals surface area contributed by atoms with E-state index in [4.69, 9.17) is 15.2 Å². The van der Waals surface area contributed by atoms with Crippen LogP contribution in [0.15, 0.2) is 18.2 Å². The fourth-order valence-corrected chi connectivity index (χ4v) is 1.95. The lowest BCUT2D eigenvalue weighted by Gasteiger charge is -2.29. The van der Waals surface area contributed by atoms with E-state index >= 15 is 0 Å². The topological polar surface area (TPSA) is 93.9 Å². The Morgan fingerprint density at radius 2 is 2.35 bits per heavy atom. The van der Waals surface area contributed by atoms with Gasteiger partial charge in [-0.05, 0) is 12.1 Å². The number of methoxy groups -OCH3 is 1. The summed E-state index contributed by atoms with van der Waals surface area (Å²) in [4.78, 5) is 25.1. The quantitative estimate of drug-likeness (QED) is 0.573. The molecule has 7 heteroatoms. The molecule has 0 saturated carbocycles. The molecule has 2 rings (SSSR count). The molecule has 0 saturated heterocycles. The van der Waals surface area contributed by atoms with Gasteiger partial charge in [0.15, 0.2) is 6.61 Å². The van der Waals surface area contributed by atoms with E-state index in [1.165, 1.54) is 4.90 Å². The molecule has 1 aliphatic rings. The van der Waals surface area contributed by atoms with E-state index in [0.717, 1.165) is 0 Å². The molecule has 7 nitrogen and oxygen atoms in total. The summed E-state index contributed by atoms with van der Waals surface area (Å²) in [5, 5.41) is 2.66. The lowest BCUT2D eigenvalue weighted by Crippen LogP contribution is -2.45. The van der Waals surface area contributed by atoms with E-state index in [1.807, 2.05) is 0 Å². The van der Waals surface area contributed by atoms with Crippen molar-refractivity contribution in [3.63, 3.8) is 0 Å². The van der Waals surface area contributed by atoms with Crippen LogP contribution in [0, 0.1) is 0 Å². The standard InChI is InChI=1S/C13H17N3O4/c1-19-6-5-15-11(17)7-16-12(18)8-20-10-4-2-3-9(14)13(10)16/h2-4H,5-8,14H2,1H3,(H,15,17). The van der Waals surface area contributed by atoms with E-state index in [9.17, 15) is 9.59 Å². The highest BCUT2D eigenvalue weighted by Gasteiger charge is 2.28. The number of carbonyl (C=O) groups excluding carboxylic acids is 2. The smallest absolute Gasteiger partial charge is 0.265 e. The van der Waals surface area contributed by atoms with Gasteiger partial charge in [0.25, 0.3) is 5.91 Å². The molecule has 1 aliphatic heterocycles. The van der Waals surface area contributed by atoms with Gasteiger partial charge < -0.3 is 20.5 Å². The lowest BCUT2D eigenvalue weighted by atomic mass is 10.2. The minimum absolute atomic E-state index is 0.0902. The molecule has 0 aromatic heterocycles. The number of nitrogens with two attached hydrogens (primary N) is 1. The van der Waals surface area contributed by atoms with Crippen LogP contribution in [0.3, 0.4) is 0 Å². The predicted octanol–water partition coefficient (Wildman–Crippen LogP) is -0.243. The van der Waals surface area contributed by atoms with Gasteiger partial charge in [0.05, 0.1) is 12.3 Å². The number of anilines is 2. The molecule has 1 aromatic carbocycles. The van der Waals surface area contributed by atoms with E-state index in [-0.39, 0.29) is 25.0 Å². The van der Waals surface area contributed by atoms with Gasteiger partial charge in [-0.3, -0.25) is 14.5 Å². The number of para-hydroxylation sites is 1. The number of amides is 2. The van der Waals surface area contributed by atoms with Crippen molar-refractivity contribution in [1.29, 1.82) is 0 Å². The van der Waals surface area contributed by atoms with Gasteiger partial charge in [0, 0.05) is 13.7 Å². The summed E-state index contributed by atoms with van der Waals surface area (Å²) in [5.41, 5.74) is 6.72. The minimum atomic E-state index is -0.294. The van der Waals surface area contributed by atoms with Gasteiger partial charge in [-0.2, -0.15) is 0 Å². The van der Waals surface area contributed by atoms with Crippen molar-refractivity contribution in [2.75, 3.05) is 44.0 Å². The molecule has 1 aromatic rings. The fourth-order valence-electron chi connectivity index (χ4n) is 1.95. The van der Waals surface area contributed by atoms with Crippen LogP contribution in [-0.2, 0) is 14.3 Å². The molecule has 0 bridgehead atoms. The first-order valence-corrected chi connectivity index (χ1v) is 6.20. The number of hydrogen-bond acceptors (Lipinski definition) is 5. The molecule has 0 spiro atoms. The van der Waals surface area contributed by atoms with Crippen molar-refractivity contribution in [2.45, 2.75) is 0 Å². The van der Waals surface area contributed by atoms with Crippen LogP contribution < -0.4 is 20.7 Å². The Balaban J connectivity index is 2.11. The Morgan fingerprint density at radius 1 is 1.55 bits per heavy atom. The average Bonchev–Trinajstić information content (AvgIpc) is 2.42. The van der Waals surface area contributed by atoms with Gasteiger partial charge in [-0.15, -0.1) is 0 Å². The van der Waals surface area contributed by atoms with Crippen LogP contribution in [0.2, 0.25) is 0 Å². The molecule has 20 heavy (non-hydrogen) atoms. The maximum atomic E-state index is 11.9. The number of fused-ring (bicyclic) bond motifs is 1. The molecule has 0 atom stereocenters. The van der Waals surface area contributed by atoms with Crippen molar-refractivity contribution in [2.24, 2.45) is 0 Å². The molecule has 0 unspecified atom stereocenters. The number of nitrogen functional groups attached to an aromatic ring is 1. The highest BCUT2D eigenvalue weighted by molar-refractivity contribution is 6.04. The second-order valence-electron chi connectivity index (χ2n) is 4.31. The second kappa shape index (κ2) is 6.25. The summed E-state index contributed by atoms with van der Waals surface area (Å²) >= 11 is 0. The SMILES string of the molecule is COCCNC(=O)CN1C(=O)COc2cccc(N)c21. The summed E-state index contributed by atoms with van der Waals surface area (Å²) in [5.74, 6) is -0.0573. The summed E-state index contributed by atoms with van der Waals surface area (Å²) in [6.07, 6.45) is 0. The Bertz CT molecular complexity index is 518. The minimum Gasteiger partial charge on any atom is -0.481 e. The third kappa shape index (κ3) is 3.00. The summed E-state index contributed by atoms with van der Waals surface area (Å²) in [6.45, 7) is 0.626. The highest BCUT2D eigenvalue weighted by Crippen LogP contribution is 2.36. The van der Waals surface area contributed by atoms with Crippen molar-refractivity contribution in [1.82, 2.24) is 5.32 Å². The first kappa shape index (κ1) is 14.1. The Morgan fingerprint density at radius 3 is 3.10 bits per heavy atom. The van der Waals surface area contributed by atoms with Gasteiger partial charge in [0.2, 0.25) is 5.91 Å². The molecular formula is C13H17N3O4. The van der Waals surface area contributed by atoms with Crippen molar-refractivity contribution >= 4 is 23.2 Å². The largest absolute Gasteiger partial charge is 0.481 e. The molecule has 0 fully saturated rings. The first-order valence-electron chi connectivity index (χ1n) is 6.20. The Hall–Kier alpha value is -2.28. The number of hydrogen-bond donors (Lipinski definition) is 2. The molecular weight excluding hydrogens is 262 g/mol. The van der Waals surface area contributed by atoms with E-state index < -0.39 is 0 Å². The zero-order valence-corrected chi connectivity index (χ0v) is 11.2. The van der Waals surface area contributed by atoms with Crippen molar-refractivity contribution in [3.8, 4) is 5.75 Å². The number of nitrogens with zero attached hydrogens (tertiary/aromatic N) is 1. The molecule has 0 aliphatic carbocycles. The van der Waals surface area contributed by atoms with Crippen LogP contribution in [0.25, 0.3) is 0 Å². The molecule has 108 valence electrons. The van der Waals surface area contributed by atoms with Gasteiger partial charge in [-0.25, -0.2) is 0 Å². The zero-order chi connectivity index (χ0) is 14.5. The summed E-state index contributed by atoms with van der Waals surface area (Å²) < 4.78 is 10.1. The molecule has 0 radical (unpaired) electrons. The van der Waals surface area contributed by atoms with Crippen molar-refractivity contribution < 1.29 is 19.1 Å². The monoisotopic (exact) mass is 279 g/mol. The number of benzene rings is 1. The summed E-state index contributed by atoms with van der Waals surface area (Å²) in [6, 6.07) is 5.12. The first-order chi connectivity index (χ1) is 9.63. The normalized spacial score (nSPS) is 13.7. The number of ether oxygens (including phenoxy) is 2. The van der Waals surface area contributed by atoms with E-state index in [1.54, 1.807) is 25.3 Å². The summed E-state index contributed by atoms with van der Waals surface area (Å²) in [7, 11) is 1.55. The van der Waals surface area contributed by atoms with Crippen LogP contribution in [0.4, 0.5) is 11.4 Å². The van der Waals surface area contributed by atoms with Crippen LogP contribution in [0.5, 0.6) is 5.75 Å². The van der Waals surface area contributed by atoms with Crippen LogP contribution in [-0.4, -0.2) is 45.2 Å². The van der Waals surface area contributed by atoms with Gasteiger partial charge >= 0.3 is 0 Å². The number of rotatable bonds is 5. The molecule has 2 amide bonds. The van der Waals surface area contributed by atoms with E-state index in [0.29, 0.717) is 30.3 Å². The maximum absolute atomic E-state index is 11.9. The van der Waals surface area contributed by atoms with Gasteiger partial charge in [-0.1, -0.05) is 6.07 Å². The fraction of sp³-hybridized carbons (Fsp3) is 0.385. The maximum Gasteiger partial charge on any atom is 0.265 e. The Labute approximate surface area is 116 Å². The zero-order valence-electron chi connectivity index (χ0n) is 11.2. The average molecular weight is 279 g/mol. The van der Waals surface area contributed by atoms with Gasteiger partial charge in [0.1, 0.15) is 18.0 Å². The Kier molecular flexibility index (Phi) is 4.41. The predicted molar refractivity (Wildman–Crippen MR) is 73.6 cm³/mol. The third-order valence-electron chi connectivity index (χ3n) is 2.88. The van der Waals surface area contributed by atoms with E-state index in [2.05, 4.69) is 5.32 Å². The van der Waals surface area contributed by atoms with Crippen molar-refractivity contribution in [3.05, 3.63) is 18.2 Å². The number of carbonyl (C=O) groups is 2. The lowest BCUT2D eigenvalue weighted by molar-refractivity contribution is -0.125. The highest BCUT2D eigenvalue weighted by atomic mass is 16.5. The second-order valence-corrected chi connectivity index (χ2v) is 4.31. The van der Waals surface area contributed by atoms with Crippen LogP contribution >= 0.6 is 0 Å². The van der Waals surface area contributed by atoms with Crippen LogP contribution in [0.1, 0.15) is 0 Å².